The van der Waals surface area contributed by atoms with Crippen LogP contribution < -0.4 is 5.32 Å². The highest BCUT2D eigenvalue weighted by atomic mass is 32.1. The molecule has 0 bridgehead atoms. The van der Waals surface area contributed by atoms with Gasteiger partial charge < -0.3 is 10.4 Å². The third kappa shape index (κ3) is 3.77. The Balaban J connectivity index is 1.61. The second-order valence-electron chi connectivity index (χ2n) is 5.65. The fourth-order valence-electron chi connectivity index (χ4n) is 2.48. The Morgan fingerprint density at radius 1 is 1.21 bits per heavy atom. The Hall–Kier alpha value is -1.89. The Labute approximate surface area is 143 Å². The number of fused-ring (bicyclic) bond motifs is 1. The minimum absolute atomic E-state index is 0.0896. The van der Waals surface area contributed by atoms with E-state index in [9.17, 15) is 13.9 Å². The molecule has 0 aliphatic carbocycles. The molecule has 126 valence electrons. The van der Waals surface area contributed by atoms with E-state index in [1.807, 2.05) is 37.3 Å². The number of rotatable bonds is 6. The van der Waals surface area contributed by atoms with E-state index in [-0.39, 0.29) is 11.7 Å². The number of aliphatic hydroxyl groups excluding tert-OH is 1. The molecule has 2 N–H and O–H groups in total. The van der Waals surface area contributed by atoms with Crippen molar-refractivity contribution in [3.63, 3.8) is 0 Å². The number of hydrogen-bond donors (Lipinski definition) is 2. The number of benzene rings is 1. The van der Waals surface area contributed by atoms with Gasteiger partial charge >= 0.3 is 0 Å². The second-order valence-corrected chi connectivity index (χ2v) is 6.76. The Morgan fingerprint density at radius 2 is 2.00 bits per heavy atom. The molecule has 3 rings (SSSR count). The fourth-order valence-corrected chi connectivity index (χ4v) is 3.53. The van der Waals surface area contributed by atoms with Gasteiger partial charge in [0.2, 0.25) is 0 Å². The molecule has 3 aromatic rings. The summed E-state index contributed by atoms with van der Waals surface area (Å²) in [5.41, 5.74) is 0.583. The summed E-state index contributed by atoms with van der Waals surface area (Å²) in [5, 5.41) is 14.7. The minimum Gasteiger partial charge on any atom is -0.386 e. The first-order valence-corrected chi connectivity index (χ1v) is 8.50. The Kier molecular flexibility index (Phi) is 5.18. The molecule has 2 atom stereocenters. The van der Waals surface area contributed by atoms with E-state index >= 15 is 0 Å². The van der Waals surface area contributed by atoms with E-state index in [0.29, 0.717) is 6.54 Å². The predicted molar refractivity (Wildman–Crippen MR) is 92.4 cm³/mol. The van der Waals surface area contributed by atoms with Gasteiger partial charge in [0.05, 0.1) is 0 Å². The summed E-state index contributed by atoms with van der Waals surface area (Å²) in [5.74, 6) is 0. The van der Waals surface area contributed by atoms with Crippen molar-refractivity contribution < 1.29 is 13.9 Å². The van der Waals surface area contributed by atoms with Crippen molar-refractivity contribution >= 4 is 21.4 Å². The van der Waals surface area contributed by atoms with Gasteiger partial charge in [0.25, 0.3) is 6.43 Å². The molecule has 6 heteroatoms. The third-order valence-electron chi connectivity index (χ3n) is 3.92. The first kappa shape index (κ1) is 17.0. The number of pyridine rings is 1. The van der Waals surface area contributed by atoms with E-state index in [4.69, 9.17) is 0 Å². The van der Waals surface area contributed by atoms with Crippen molar-refractivity contribution in [1.82, 2.24) is 10.3 Å². The molecule has 0 fully saturated rings. The van der Waals surface area contributed by atoms with Crippen LogP contribution in [0.1, 0.15) is 41.6 Å². The first-order chi connectivity index (χ1) is 11.5. The topological polar surface area (TPSA) is 45.1 Å². The summed E-state index contributed by atoms with van der Waals surface area (Å²) in [7, 11) is 0. The number of thiophene rings is 1. The number of aliphatic hydroxyl groups is 1. The average molecular weight is 348 g/mol. The fraction of sp³-hybridized carbons (Fsp3) is 0.278. The Bertz CT molecular complexity index is 771. The largest absolute Gasteiger partial charge is 0.386 e. The average Bonchev–Trinajstić information content (AvgIpc) is 3.03. The standard InChI is InChI=1S/C18H18F2N2OS/c1-11(13-6-7-14(18(19)20)22-9-13)21-10-15(23)17-8-12-4-2-3-5-16(12)24-17/h2-9,11,15,18,21,23H,10H2,1H3. The molecule has 1 aromatic carbocycles. The van der Waals surface area contributed by atoms with Crippen molar-refractivity contribution in [3.05, 3.63) is 64.8 Å². The van der Waals surface area contributed by atoms with Crippen molar-refractivity contribution in [2.24, 2.45) is 0 Å². The zero-order valence-electron chi connectivity index (χ0n) is 13.1. The predicted octanol–water partition coefficient (Wildman–Crippen LogP) is 4.62. The molecule has 2 aromatic heterocycles. The van der Waals surface area contributed by atoms with Gasteiger partial charge in [0.1, 0.15) is 11.8 Å². The lowest BCUT2D eigenvalue weighted by molar-refractivity contribution is 0.146. The van der Waals surface area contributed by atoms with Crippen LogP contribution in [0.4, 0.5) is 8.78 Å². The smallest absolute Gasteiger partial charge is 0.280 e. The summed E-state index contributed by atoms with van der Waals surface area (Å²) in [4.78, 5) is 4.67. The van der Waals surface area contributed by atoms with Crippen molar-refractivity contribution in [2.45, 2.75) is 25.5 Å². The summed E-state index contributed by atoms with van der Waals surface area (Å²) in [6.07, 6.45) is -1.72. The molecule has 0 aliphatic heterocycles. The first-order valence-electron chi connectivity index (χ1n) is 7.68. The molecule has 0 saturated heterocycles. The van der Waals surface area contributed by atoms with E-state index in [2.05, 4.69) is 10.3 Å². The zero-order chi connectivity index (χ0) is 17.1. The maximum absolute atomic E-state index is 12.5. The van der Waals surface area contributed by atoms with Crippen LogP contribution in [-0.4, -0.2) is 16.6 Å². The highest BCUT2D eigenvalue weighted by Gasteiger charge is 2.14. The van der Waals surface area contributed by atoms with Gasteiger partial charge in [0.15, 0.2) is 0 Å². The van der Waals surface area contributed by atoms with Gasteiger partial charge in [-0.05, 0) is 36.1 Å². The molecule has 0 radical (unpaired) electrons. The molecule has 2 unspecified atom stereocenters. The number of nitrogens with one attached hydrogen (secondary N) is 1. The quantitative estimate of drug-likeness (QED) is 0.683. The minimum atomic E-state index is -2.56. The monoisotopic (exact) mass is 348 g/mol. The Morgan fingerprint density at radius 3 is 2.67 bits per heavy atom. The molecule has 2 heterocycles. The number of halogens is 2. The maximum atomic E-state index is 12.5. The number of aromatic nitrogens is 1. The normalized spacial score (nSPS) is 14.2. The van der Waals surface area contributed by atoms with E-state index in [1.165, 1.54) is 12.3 Å². The lowest BCUT2D eigenvalue weighted by Gasteiger charge is -2.17. The van der Waals surface area contributed by atoms with Gasteiger partial charge in [-0.2, -0.15) is 0 Å². The summed E-state index contributed by atoms with van der Waals surface area (Å²) < 4.78 is 26.2. The lowest BCUT2D eigenvalue weighted by atomic mass is 10.1. The van der Waals surface area contributed by atoms with Crippen LogP contribution in [-0.2, 0) is 0 Å². The maximum Gasteiger partial charge on any atom is 0.280 e. The van der Waals surface area contributed by atoms with Gasteiger partial charge in [-0.15, -0.1) is 11.3 Å². The third-order valence-corrected chi connectivity index (χ3v) is 5.14. The number of alkyl halides is 2. The lowest BCUT2D eigenvalue weighted by Crippen LogP contribution is -2.24. The zero-order valence-corrected chi connectivity index (χ0v) is 13.9. The van der Waals surface area contributed by atoms with Crippen LogP contribution in [0.25, 0.3) is 10.1 Å². The van der Waals surface area contributed by atoms with Crippen LogP contribution in [0, 0.1) is 0 Å². The van der Waals surface area contributed by atoms with Crippen LogP contribution in [0.15, 0.2) is 48.7 Å². The molecule has 24 heavy (non-hydrogen) atoms. The van der Waals surface area contributed by atoms with E-state index < -0.39 is 12.5 Å². The molecule has 0 aliphatic rings. The summed E-state index contributed by atoms with van der Waals surface area (Å²) >= 11 is 1.57. The van der Waals surface area contributed by atoms with Gasteiger partial charge in [-0.1, -0.05) is 24.3 Å². The SMILES string of the molecule is CC(NCC(O)c1cc2ccccc2s1)c1ccc(C(F)F)nc1. The van der Waals surface area contributed by atoms with Crippen LogP contribution >= 0.6 is 11.3 Å². The van der Waals surface area contributed by atoms with Gasteiger partial charge in [0, 0.05) is 28.4 Å². The molecular weight excluding hydrogens is 330 g/mol. The van der Waals surface area contributed by atoms with Crippen molar-refractivity contribution in [2.75, 3.05) is 6.54 Å². The molecule has 3 nitrogen and oxygen atoms in total. The van der Waals surface area contributed by atoms with Crippen LogP contribution in [0.3, 0.4) is 0 Å². The number of nitrogens with zero attached hydrogens (tertiary/aromatic N) is 1. The van der Waals surface area contributed by atoms with Gasteiger partial charge in [-0.3, -0.25) is 4.98 Å². The number of hydrogen-bond acceptors (Lipinski definition) is 4. The van der Waals surface area contributed by atoms with Crippen molar-refractivity contribution in [1.29, 1.82) is 0 Å². The molecular formula is C18H18F2N2OS. The highest BCUT2D eigenvalue weighted by Crippen LogP contribution is 2.29. The molecule has 0 amide bonds. The van der Waals surface area contributed by atoms with Crippen molar-refractivity contribution in [3.8, 4) is 0 Å². The van der Waals surface area contributed by atoms with Crippen LogP contribution in [0.5, 0.6) is 0 Å². The summed E-state index contributed by atoms with van der Waals surface area (Å²) in [6, 6.07) is 12.9. The molecule has 0 spiro atoms. The van der Waals surface area contributed by atoms with E-state index in [0.717, 1.165) is 20.5 Å². The molecule has 0 saturated carbocycles. The van der Waals surface area contributed by atoms with Gasteiger partial charge in [-0.25, -0.2) is 8.78 Å². The summed E-state index contributed by atoms with van der Waals surface area (Å²) in [6.45, 7) is 2.29. The van der Waals surface area contributed by atoms with Crippen LogP contribution in [0.2, 0.25) is 0 Å². The highest BCUT2D eigenvalue weighted by molar-refractivity contribution is 7.19. The second kappa shape index (κ2) is 7.34. The van der Waals surface area contributed by atoms with E-state index in [1.54, 1.807) is 17.4 Å².